The van der Waals surface area contributed by atoms with Crippen molar-refractivity contribution in [2.24, 2.45) is 5.73 Å². The van der Waals surface area contributed by atoms with Crippen LogP contribution in [0.3, 0.4) is 0 Å². The van der Waals surface area contributed by atoms with Crippen LogP contribution in [-0.2, 0) is 9.53 Å². The van der Waals surface area contributed by atoms with Crippen LogP contribution in [0.5, 0.6) is 0 Å². The molecule has 1 aromatic heterocycles. The second kappa shape index (κ2) is 6.83. The van der Waals surface area contributed by atoms with Gasteiger partial charge in [-0.1, -0.05) is 11.8 Å². The number of aliphatic hydroxyl groups excluding tert-OH is 1. The predicted octanol–water partition coefficient (Wildman–Crippen LogP) is -1.25. The maximum absolute atomic E-state index is 12.6. The first-order chi connectivity index (χ1) is 10.1. The Bertz CT molecular complexity index is 606. The van der Waals surface area contributed by atoms with Crippen LogP contribution in [0, 0.1) is 11.8 Å². The summed E-state index contributed by atoms with van der Waals surface area (Å²) < 4.78 is 5.18. The van der Waals surface area contributed by atoms with Gasteiger partial charge in [0.2, 0.25) is 5.91 Å². The number of carbonyl (C=O) groups is 2. The number of nitrogens with two attached hydrogens (primary N) is 1. The lowest BCUT2D eigenvalue weighted by Crippen LogP contribution is -2.55. The molecule has 7 nitrogen and oxygen atoms in total. The van der Waals surface area contributed by atoms with Gasteiger partial charge in [0.05, 0.1) is 18.8 Å². The van der Waals surface area contributed by atoms with Crippen molar-refractivity contribution in [3.63, 3.8) is 0 Å². The minimum absolute atomic E-state index is 0.0750. The van der Waals surface area contributed by atoms with E-state index in [1.54, 1.807) is 12.1 Å². The predicted molar refractivity (Wildman–Crippen MR) is 73.0 cm³/mol. The first-order valence-corrected chi connectivity index (χ1v) is 6.38. The monoisotopic (exact) mass is 289 g/mol. The van der Waals surface area contributed by atoms with Crippen LogP contribution in [0.1, 0.15) is 16.1 Å². The van der Waals surface area contributed by atoms with E-state index in [1.807, 2.05) is 0 Å². The number of morpholine rings is 1. The molecule has 0 spiro atoms. The van der Waals surface area contributed by atoms with Crippen LogP contribution in [0.2, 0.25) is 0 Å². The Morgan fingerprint density at radius 1 is 1.57 bits per heavy atom. The van der Waals surface area contributed by atoms with Crippen LogP contribution in [0.15, 0.2) is 18.3 Å². The molecule has 1 aliphatic rings. The van der Waals surface area contributed by atoms with Gasteiger partial charge in [-0.25, -0.2) is 4.98 Å². The SMILES string of the molecule is NC(=O)C1COCCN1C(=O)c1ncccc1C#CCO. The second-order valence-electron chi connectivity index (χ2n) is 4.35. The highest BCUT2D eigenvalue weighted by Gasteiger charge is 2.33. The summed E-state index contributed by atoms with van der Waals surface area (Å²) in [4.78, 5) is 29.4. The Balaban J connectivity index is 2.32. The zero-order valence-corrected chi connectivity index (χ0v) is 11.3. The Kier molecular flexibility index (Phi) is 4.87. The van der Waals surface area contributed by atoms with E-state index < -0.39 is 17.9 Å². The molecule has 110 valence electrons. The van der Waals surface area contributed by atoms with Gasteiger partial charge in [-0.05, 0) is 12.1 Å². The van der Waals surface area contributed by atoms with Crippen LogP contribution in [0.4, 0.5) is 0 Å². The molecule has 0 bridgehead atoms. The summed E-state index contributed by atoms with van der Waals surface area (Å²) in [7, 11) is 0. The van der Waals surface area contributed by atoms with E-state index in [9.17, 15) is 9.59 Å². The van der Waals surface area contributed by atoms with Gasteiger partial charge in [-0.3, -0.25) is 9.59 Å². The van der Waals surface area contributed by atoms with Gasteiger partial charge < -0.3 is 20.5 Å². The van der Waals surface area contributed by atoms with Gasteiger partial charge in [-0.15, -0.1) is 0 Å². The molecule has 21 heavy (non-hydrogen) atoms. The minimum atomic E-state index is -0.813. The van der Waals surface area contributed by atoms with E-state index in [0.29, 0.717) is 12.2 Å². The van der Waals surface area contributed by atoms with Gasteiger partial charge in [0, 0.05) is 12.7 Å². The Morgan fingerprint density at radius 3 is 3.10 bits per heavy atom. The third-order valence-electron chi connectivity index (χ3n) is 3.03. The van der Waals surface area contributed by atoms with E-state index in [4.69, 9.17) is 15.6 Å². The van der Waals surface area contributed by atoms with Gasteiger partial charge in [-0.2, -0.15) is 0 Å². The lowest BCUT2D eigenvalue weighted by atomic mass is 10.1. The Hall–Kier alpha value is -2.43. The van der Waals surface area contributed by atoms with Crippen molar-refractivity contribution < 1.29 is 19.4 Å². The van der Waals surface area contributed by atoms with Crippen molar-refractivity contribution >= 4 is 11.8 Å². The molecule has 0 saturated carbocycles. The molecule has 3 N–H and O–H groups in total. The van der Waals surface area contributed by atoms with Crippen LogP contribution < -0.4 is 5.73 Å². The van der Waals surface area contributed by atoms with Crippen molar-refractivity contribution in [3.05, 3.63) is 29.6 Å². The number of aromatic nitrogens is 1. The average molecular weight is 289 g/mol. The van der Waals surface area contributed by atoms with E-state index in [-0.39, 0.29) is 25.5 Å². The lowest BCUT2D eigenvalue weighted by Gasteiger charge is -2.33. The van der Waals surface area contributed by atoms with Crippen molar-refractivity contribution in [2.75, 3.05) is 26.4 Å². The van der Waals surface area contributed by atoms with Crippen LogP contribution in [-0.4, -0.2) is 59.2 Å². The maximum atomic E-state index is 12.6. The van der Waals surface area contributed by atoms with Gasteiger partial charge in [0.1, 0.15) is 18.3 Å². The highest BCUT2D eigenvalue weighted by atomic mass is 16.5. The molecule has 1 aliphatic heterocycles. The van der Waals surface area contributed by atoms with Crippen LogP contribution in [0.25, 0.3) is 0 Å². The highest BCUT2D eigenvalue weighted by Crippen LogP contribution is 2.13. The molecule has 2 amide bonds. The number of nitrogens with zero attached hydrogens (tertiary/aromatic N) is 2. The number of hydrogen-bond acceptors (Lipinski definition) is 5. The molecule has 1 fully saturated rings. The van der Waals surface area contributed by atoms with Crippen molar-refractivity contribution in [2.45, 2.75) is 6.04 Å². The largest absolute Gasteiger partial charge is 0.384 e. The molecule has 1 aromatic rings. The molecule has 2 heterocycles. The summed E-state index contributed by atoms with van der Waals surface area (Å²) in [6, 6.07) is 2.46. The zero-order valence-electron chi connectivity index (χ0n) is 11.3. The molecule has 0 aromatic carbocycles. The number of hydrogen-bond donors (Lipinski definition) is 2. The molecule has 0 radical (unpaired) electrons. The third-order valence-corrected chi connectivity index (χ3v) is 3.03. The Morgan fingerprint density at radius 2 is 2.38 bits per heavy atom. The van der Waals surface area contributed by atoms with Crippen molar-refractivity contribution in [3.8, 4) is 11.8 Å². The fourth-order valence-corrected chi connectivity index (χ4v) is 2.03. The van der Waals surface area contributed by atoms with Gasteiger partial charge in [0.15, 0.2) is 0 Å². The smallest absolute Gasteiger partial charge is 0.274 e. The Labute approximate surface area is 121 Å². The van der Waals surface area contributed by atoms with E-state index in [0.717, 1.165) is 0 Å². The molecule has 7 heteroatoms. The first-order valence-electron chi connectivity index (χ1n) is 6.38. The van der Waals surface area contributed by atoms with Gasteiger partial charge in [0.25, 0.3) is 5.91 Å². The summed E-state index contributed by atoms with van der Waals surface area (Å²) in [5.74, 6) is 4.10. The zero-order chi connectivity index (χ0) is 15.2. The quantitative estimate of drug-likeness (QED) is 0.662. The summed E-state index contributed by atoms with van der Waals surface area (Å²) in [6.45, 7) is 0.353. The third kappa shape index (κ3) is 3.37. The molecule has 1 atom stereocenters. The van der Waals surface area contributed by atoms with Crippen LogP contribution >= 0.6 is 0 Å². The van der Waals surface area contributed by atoms with Crippen molar-refractivity contribution in [1.82, 2.24) is 9.88 Å². The second-order valence-corrected chi connectivity index (χ2v) is 4.35. The molecule has 1 unspecified atom stereocenters. The summed E-state index contributed by atoms with van der Waals surface area (Å²) in [6.07, 6.45) is 1.47. The molecular weight excluding hydrogens is 274 g/mol. The number of ether oxygens (including phenoxy) is 1. The fourth-order valence-electron chi connectivity index (χ4n) is 2.03. The van der Waals surface area contributed by atoms with E-state index in [2.05, 4.69) is 16.8 Å². The number of pyridine rings is 1. The highest BCUT2D eigenvalue weighted by molar-refractivity contribution is 5.97. The fraction of sp³-hybridized carbons (Fsp3) is 0.357. The number of rotatable bonds is 2. The van der Waals surface area contributed by atoms with E-state index in [1.165, 1.54) is 11.1 Å². The summed E-state index contributed by atoms with van der Waals surface area (Å²) in [5, 5.41) is 8.75. The van der Waals surface area contributed by atoms with E-state index >= 15 is 0 Å². The summed E-state index contributed by atoms with van der Waals surface area (Å²) in [5.41, 5.74) is 5.82. The normalized spacial score (nSPS) is 17.8. The standard InChI is InChI=1S/C14H15N3O4/c15-13(19)11-9-21-8-6-17(11)14(20)12-10(4-2-7-18)3-1-5-16-12/h1,3,5,11,18H,6-9H2,(H2,15,19). The average Bonchev–Trinajstić information content (AvgIpc) is 2.52. The number of aliphatic hydroxyl groups is 1. The molecule has 0 aliphatic carbocycles. The number of primary amides is 1. The van der Waals surface area contributed by atoms with Crippen molar-refractivity contribution in [1.29, 1.82) is 0 Å². The first kappa shape index (κ1) is 15.0. The number of amides is 2. The minimum Gasteiger partial charge on any atom is -0.384 e. The summed E-state index contributed by atoms with van der Waals surface area (Å²) >= 11 is 0. The lowest BCUT2D eigenvalue weighted by molar-refractivity contribution is -0.127. The van der Waals surface area contributed by atoms with Gasteiger partial charge >= 0.3 is 0 Å². The molecular formula is C14H15N3O4. The molecule has 1 saturated heterocycles. The topological polar surface area (TPSA) is 106 Å². The number of carbonyl (C=O) groups excluding carboxylic acids is 2. The molecule has 2 rings (SSSR count). The maximum Gasteiger partial charge on any atom is 0.274 e.